The van der Waals surface area contributed by atoms with E-state index in [2.05, 4.69) is 25.3 Å². The number of nitrogens with zero attached hydrogens (tertiary/aromatic N) is 7. The first-order valence-corrected chi connectivity index (χ1v) is 15.2. The Kier molecular flexibility index (Phi) is 23.5. The molecule has 19 nitrogen and oxygen atoms in total. The van der Waals surface area contributed by atoms with Gasteiger partial charge in [0.2, 0.25) is 0 Å². The topological polar surface area (TPSA) is 223 Å². The van der Waals surface area contributed by atoms with Crippen LogP contribution in [0.4, 0.5) is 21.5 Å². The van der Waals surface area contributed by atoms with Gasteiger partial charge in [-0.25, -0.2) is 4.39 Å². The molecule has 22 heteroatoms. The van der Waals surface area contributed by atoms with Crippen molar-refractivity contribution in [2.75, 3.05) is 71.7 Å². The molecule has 2 aliphatic heterocycles. The predicted molar refractivity (Wildman–Crippen MR) is 179 cm³/mol. The molecule has 0 amide bonds. The summed E-state index contributed by atoms with van der Waals surface area (Å²) in [5.74, 6) is -0.445. The molecule has 6 rings (SSSR count). The molecule has 0 radical (unpaired) electrons. The number of aryl methyl sites for hydroxylation is 2. The van der Waals surface area contributed by atoms with Gasteiger partial charge in [0.15, 0.2) is 11.5 Å². The van der Waals surface area contributed by atoms with Crippen molar-refractivity contribution in [3.05, 3.63) is 75.1 Å². The second kappa shape index (κ2) is 25.6. The van der Waals surface area contributed by atoms with E-state index >= 15 is 0 Å². The smallest absolute Gasteiger partial charge is 1.00 e. The second-order valence-electron chi connectivity index (χ2n) is 10.5. The van der Waals surface area contributed by atoms with Gasteiger partial charge in [0.25, 0.3) is 6.47 Å². The van der Waals surface area contributed by atoms with Gasteiger partial charge in [0.1, 0.15) is 5.82 Å². The molecular formula is C31H39FK2N8O11. The molecule has 4 aromatic rings. The van der Waals surface area contributed by atoms with E-state index in [0.29, 0.717) is 18.8 Å². The van der Waals surface area contributed by atoms with Crippen molar-refractivity contribution < 1.29 is 152 Å². The Hall–Kier alpha value is -2.43. The molecule has 4 heterocycles. The summed E-state index contributed by atoms with van der Waals surface area (Å²) in [6.07, 6.45) is 6.56. The average Bonchev–Trinajstić information content (AvgIpc) is 3.80. The molecule has 0 atom stereocenters. The summed E-state index contributed by atoms with van der Waals surface area (Å²) in [7, 11) is 6.19. The summed E-state index contributed by atoms with van der Waals surface area (Å²) in [5.41, 5.74) is 2.76. The van der Waals surface area contributed by atoms with Crippen molar-refractivity contribution in [1.29, 1.82) is 0 Å². The SMILES string of the molecule is C1COCCN1.COc1cc(F)c(-c2cnn(C)c2)cc1[N+](=O)[O-].COc1cc(N2CCOCC2)c(-c2cnn(C)c2)cc1[N+](=O)[O-].O=CO[O-].[H-].[K+].[K+]. The van der Waals surface area contributed by atoms with Gasteiger partial charge in [-0.2, -0.15) is 10.2 Å². The van der Waals surface area contributed by atoms with Crippen LogP contribution in [0.15, 0.2) is 49.1 Å². The Morgan fingerprint density at radius 2 is 1.28 bits per heavy atom. The van der Waals surface area contributed by atoms with Crippen molar-refractivity contribution in [3.63, 3.8) is 0 Å². The van der Waals surface area contributed by atoms with Crippen LogP contribution in [0.5, 0.6) is 11.5 Å². The fourth-order valence-electron chi connectivity index (χ4n) is 4.87. The third-order valence-corrected chi connectivity index (χ3v) is 7.23. The number of ether oxygens (including phenoxy) is 4. The van der Waals surface area contributed by atoms with Gasteiger partial charge in [0, 0.05) is 105 Å². The number of anilines is 1. The zero-order chi connectivity index (χ0) is 37.3. The quantitative estimate of drug-likeness (QED) is 0.0593. The van der Waals surface area contributed by atoms with Crippen LogP contribution in [0.2, 0.25) is 0 Å². The van der Waals surface area contributed by atoms with Gasteiger partial charge in [-0.1, -0.05) is 0 Å². The third kappa shape index (κ3) is 15.0. The van der Waals surface area contributed by atoms with Gasteiger partial charge in [-0.15, -0.1) is 0 Å². The number of hydrogen-bond acceptors (Lipinski definition) is 15. The van der Waals surface area contributed by atoms with Gasteiger partial charge in [-0.3, -0.25) is 34.4 Å². The summed E-state index contributed by atoms with van der Waals surface area (Å²) in [6.45, 7) is 6.38. The van der Waals surface area contributed by atoms with E-state index in [0.717, 1.165) is 68.3 Å². The zero-order valence-electron chi connectivity index (χ0n) is 31.4. The first kappa shape index (κ1) is 48.6. The fraction of sp³-hybridized carbons (Fsp3) is 0.387. The Balaban J connectivity index is 0.000000805. The van der Waals surface area contributed by atoms with Crippen LogP contribution in [-0.4, -0.2) is 103 Å². The van der Waals surface area contributed by atoms with Crippen LogP contribution < -0.4 is 128 Å². The van der Waals surface area contributed by atoms with Crippen molar-refractivity contribution in [2.24, 2.45) is 14.1 Å². The molecule has 278 valence electrons. The average molecular weight is 797 g/mol. The Morgan fingerprint density at radius 3 is 1.66 bits per heavy atom. The van der Waals surface area contributed by atoms with Crippen LogP contribution in [0.3, 0.4) is 0 Å². The Bertz CT molecular complexity index is 1750. The number of carbonyl (C=O) groups excluding carboxylic acids is 1. The maximum atomic E-state index is 13.8. The summed E-state index contributed by atoms with van der Waals surface area (Å²) >= 11 is 0. The van der Waals surface area contributed by atoms with Crippen LogP contribution >= 0.6 is 0 Å². The number of nitrogens with one attached hydrogen (secondary N) is 1. The normalized spacial score (nSPS) is 13.1. The van der Waals surface area contributed by atoms with E-state index in [-0.39, 0.29) is 139 Å². The van der Waals surface area contributed by atoms with Gasteiger partial charge in [0.05, 0.1) is 62.9 Å². The third-order valence-electron chi connectivity index (χ3n) is 7.23. The molecule has 0 unspecified atom stereocenters. The Labute approximate surface area is 390 Å². The van der Waals surface area contributed by atoms with E-state index in [4.69, 9.17) is 29.0 Å². The molecule has 2 aliphatic rings. The minimum Gasteiger partial charge on any atom is -1.00 e. The summed E-state index contributed by atoms with van der Waals surface area (Å²) < 4.78 is 37.4. The minimum atomic E-state index is -0.613. The predicted octanol–water partition coefficient (Wildman–Crippen LogP) is -3.86. The zero-order valence-corrected chi connectivity index (χ0v) is 36.6. The molecule has 0 aliphatic carbocycles. The number of nitro benzene ring substituents is 2. The number of benzene rings is 2. The van der Waals surface area contributed by atoms with E-state index < -0.39 is 15.7 Å². The number of nitro groups is 2. The molecule has 0 saturated carbocycles. The van der Waals surface area contributed by atoms with Crippen molar-refractivity contribution >= 4 is 23.5 Å². The van der Waals surface area contributed by atoms with Crippen LogP contribution in [0, 0.1) is 26.0 Å². The molecule has 2 aromatic heterocycles. The minimum absolute atomic E-state index is 0. The summed E-state index contributed by atoms with van der Waals surface area (Å²) in [6, 6.07) is 5.43. The molecular weight excluding hydrogens is 758 g/mol. The Morgan fingerprint density at radius 1 is 0.830 bits per heavy atom. The number of hydrogen-bond donors (Lipinski definition) is 1. The number of rotatable bonds is 8. The van der Waals surface area contributed by atoms with Crippen LogP contribution in [0.25, 0.3) is 22.3 Å². The van der Waals surface area contributed by atoms with E-state index in [1.165, 1.54) is 25.1 Å². The molecule has 53 heavy (non-hydrogen) atoms. The van der Waals surface area contributed by atoms with Crippen molar-refractivity contribution in [3.8, 4) is 33.8 Å². The summed E-state index contributed by atoms with van der Waals surface area (Å²) in [4.78, 5) is 34.6. The number of aromatic nitrogens is 4. The fourth-order valence-corrected chi connectivity index (χ4v) is 4.87. The molecule has 2 saturated heterocycles. The molecule has 0 bridgehead atoms. The van der Waals surface area contributed by atoms with Gasteiger partial charge < -0.3 is 40.7 Å². The van der Waals surface area contributed by atoms with Crippen LogP contribution in [0.1, 0.15) is 1.43 Å². The second-order valence-corrected chi connectivity index (χ2v) is 10.5. The van der Waals surface area contributed by atoms with E-state index in [1.54, 1.807) is 36.3 Å². The van der Waals surface area contributed by atoms with Crippen LogP contribution in [-0.2, 0) is 33.3 Å². The standard InChI is InChI=1S/C15H18N4O4.C11H10FN3O3.C4H9NO.CH2O3.2K.H/c1-17-10-11(9-16-17)12-7-14(19(20)21)15(22-2)8-13(12)18-3-5-23-6-4-18;1-14-6-7(5-13-14)8-3-10(15(16)17)11(18-2)4-9(8)12;1-3-6-4-2-5-1;2-1-4-3;;;/h7-10H,3-6H2,1-2H3;3-6H,1-2H3;5H,1-4H2;1,3H;;;/q;;;;2*+1;-1/p-1. The molecule has 2 aromatic carbocycles. The summed E-state index contributed by atoms with van der Waals surface area (Å²) in [5, 5.41) is 41.9. The largest absolute Gasteiger partial charge is 1.00 e. The number of carbonyl (C=O) groups is 1. The monoisotopic (exact) mass is 796 g/mol. The molecule has 0 spiro atoms. The van der Waals surface area contributed by atoms with Gasteiger partial charge >= 0.3 is 114 Å². The first-order chi connectivity index (χ1) is 24.5. The molecule has 1 N–H and O–H groups in total. The maximum Gasteiger partial charge on any atom is 1.00 e. The molecule has 2 fully saturated rings. The number of halogens is 1. The van der Waals surface area contributed by atoms with E-state index in [9.17, 15) is 24.6 Å². The number of morpholine rings is 2. The van der Waals surface area contributed by atoms with Crippen molar-refractivity contribution in [2.45, 2.75) is 0 Å². The van der Waals surface area contributed by atoms with Gasteiger partial charge in [-0.05, 0) is 0 Å². The van der Waals surface area contributed by atoms with Crippen molar-refractivity contribution in [1.82, 2.24) is 24.9 Å². The number of methoxy groups -OCH3 is 2. The van der Waals surface area contributed by atoms with E-state index in [1.807, 2.05) is 13.2 Å². The first-order valence-electron chi connectivity index (χ1n) is 15.2. The maximum absolute atomic E-state index is 13.8.